The van der Waals surface area contributed by atoms with Gasteiger partial charge in [-0.1, -0.05) is 30.3 Å². The SMILES string of the molecule is CNC(=O)CN1CCN(CCON(C)C(=O)c2ccc(N/C(=C3\C(=O)Nc4cc(C(=O)O)c(C)cc43)c3ccccc3)cc2)CC1. The molecule has 12 nitrogen and oxygen atoms in total. The average molecular weight is 627 g/mol. The van der Waals surface area contributed by atoms with Crippen molar-refractivity contribution in [2.24, 2.45) is 0 Å². The normalized spacial score (nSPS) is 15.9. The smallest absolute Gasteiger partial charge is 0.336 e. The van der Waals surface area contributed by atoms with Crippen LogP contribution in [0.3, 0.4) is 0 Å². The van der Waals surface area contributed by atoms with Gasteiger partial charge in [-0.15, -0.1) is 0 Å². The highest BCUT2D eigenvalue weighted by molar-refractivity contribution is 6.37. The summed E-state index contributed by atoms with van der Waals surface area (Å²) in [5.74, 6) is -1.70. The first-order valence-electron chi connectivity index (χ1n) is 15.1. The van der Waals surface area contributed by atoms with Crippen LogP contribution < -0.4 is 16.0 Å². The van der Waals surface area contributed by atoms with E-state index in [4.69, 9.17) is 4.84 Å². The molecule has 3 aromatic carbocycles. The number of hydroxylamine groups is 2. The number of rotatable bonds is 11. The Morgan fingerprint density at radius 3 is 2.28 bits per heavy atom. The van der Waals surface area contributed by atoms with Gasteiger partial charge >= 0.3 is 5.97 Å². The molecule has 3 amide bonds. The van der Waals surface area contributed by atoms with E-state index >= 15 is 0 Å². The Morgan fingerprint density at radius 2 is 1.63 bits per heavy atom. The van der Waals surface area contributed by atoms with E-state index in [2.05, 4.69) is 25.8 Å². The molecule has 0 unspecified atom stereocenters. The van der Waals surface area contributed by atoms with Crippen molar-refractivity contribution >= 4 is 46.3 Å². The predicted octanol–water partition coefficient (Wildman–Crippen LogP) is 2.99. The van der Waals surface area contributed by atoms with Gasteiger partial charge in [-0.2, -0.15) is 0 Å². The van der Waals surface area contributed by atoms with Gasteiger partial charge in [0.1, 0.15) is 0 Å². The second-order valence-corrected chi connectivity index (χ2v) is 11.2. The maximum Gasteiger partial charge on any atom is 0.336 e. The number of nitrogens with one attached hydrogen (secondary N) is 3. The average Bonchev–Trinajstić information content (AvgIpc) is 3.38. The quantitative estimate of drug-likeness (QED) is 0.187. The number of aryl methyl sites for hydroxylation is 1. The topological polar surface area (TPSA) is 144 Å². The number of hydrogen-bond donors (Lipinski definition) is 4. The van der Waals surface area contributed by atoms with Crippen molar-refractivity contribution in [1.29, 1.82) is 0 Å². The maximum atomic E-state index is 13.3. The molecule has 0 saturated carbocycles. The molecule has 2 aliphatic rings. The second kappa shape index (κ2) is 14.4. The fourth-order valence-corrected chi connectivity index (χ4v) is 5.53. The van der Waals surface area contributed by atoms with Crippen LogP contribution in [0.25, 0.3) is 11.3 Å². The number of amides is 3. The first kappa shape index (κ1) is 32.4. The predicted molar refractivity (Wildman–Crippen MR) is 175 cm³/mol. The number of anilines is 2. The number of hydrogen-bond acceptors (Lipinski definition) is 8. The van der Waals surface area contributed by atoms with Gasteiger partial charge in [0.15, 0.2) is 0 Å². The summed E-state index contributed by atoms with van der Waals surface area (Å²) in [4.78, 5) is 59.7. The van der Waals surface area contributed by atoms with Gasteiger partial charge in [0.05, 0.1) is 35.7 Å². The number of benzene rings is 3. The Morgan fingerprint density at radius 1 is 0.957 bits per heavy atom. The van der Waals surface area contributed by atoms with Crippen molar-refractivity contribution in [3.63, 3.8) is 0 Å². The fourth-order valence-electron chi connectivity index (χ4n) is 5.53. The lowest BCUT2D eigenvalue weighted by atomic mass is 9.96. The first-order chi connectivity index (χ1) is 22.1. The van der Waals surface area contributed by atoms with Crippen LogP contribution >= 0.6 is 0 Å². The van der Waals surface area contributed by atoms with E-state index < -0.39 is 5.97 Å². The molecule has 2 aliphatic heterocycles. The number of likely N-dealkylation sites (N-methyl/N-ethyl adjacent to an activating group) is 1. The number of carbonyl (C=O) groups excluding carboxylic acids is 3. The van der Waals surface area contributed by atoms with Gasteiger partial charge in [-0.25, -0.2) is 9.86 Å². The van der Waals surface area contributed by atoms with E-state index in [0.717, 1.165) is 31.7 Å². The molecule has 1 saturated heterocycles. The Hall–Kier alpha value is -5.04. The molecule has 0 aliphatic carbocycles. The van der Waals surface area contributed by atoms with Crippen molar-refractivity contribution in [2.45, 2.75) is 6.92 Å². The zero-order chi connectivity index (χ0) is 32.8. The Labute approximate surface area is 267 Å². The minimum absolute atomic E-state index is 0.00840. The lowest BCUT2D eigenvalue weighted by molar-refractivity contribution is -0.122. The molecule has 5 rings (SSSR count). The highest BCUT2D eigenvalue weighted by Gasteiger charge is 2.30. The van der Waals surface area contributed by atoms with Crippen molar-refractivity contribution in [1.82, 2.24) is 20.2 Å². The largest absolute Gasteiger partial charge is 0.478 e. The lowest BCUT2D eigenvalue weighted by Crippen LogP contribution is -2.50. The molecule has 12 heteroatoms. The standard InChI is InChI=1S/C34H38N6O6/c1-22-19-27-28(20-26(22)34(44)45)37-32(42)30(27)31(23-7-5-4-6-8-23)36-25-11-9-24(10-12-25)33(43)38(3)46-18-17-39-13-15-40(16-14-39)21-29(41)35-2/h4-12,19-20,36H,13-18,21H2,1-3H3,(H,35,41)(H,37,42)(H,44,45)/b31-30-. The molecule has 0 radical (unpaired) electrons. The zero-order valence-electron chi connectivity index (χ0n) is 26.1. The third-order valence-electron chi connectivity index (χ3n) is 8.14. The number of carboxylic acids is 1. The summed E-state index contributed by atoms with van der Waals surface area (Å²) < 4.78 is 0. The van der Waals surface area contributed by atoms with Gasteiger partial charge in [-0.05, 0) is 54.4 Å². The number of fused-ring (bicyclic) bond motifs is 1. The molecule has 240 valence electrons. The maximum absolute atomic E-state index is 13.3. The molecule has 0 aromatic heterocycles. The number of piperazine rings is 1. The molecule has 3 aromatic rings. The summed E-state index contributed by atoms with van der Waals surface area (Å²) in [6, 6.07) is 19.5. The summed E-state index contributed by atoms with van der Waals surface area (Å²) in [7, 11) is 3.22. The summed E-state index contributed by atoms with van der Waals surface area (Å²) in [5, 5.41) is 19.6. The van der Waals surface area contributed by atoms with E-state index in [9.17, 15) is 24.3 Å². The number of carboxylic acid groups (broad SMARTS) is 1. The van der Waals surface area contributed by atoms with E-state index in [-0.39, 0.29) is 23.3 Å². The van der Waals surface area contributed by atoms with Crippen molar-refractivity contribution in [2.75, 3.05) is 70.6 Å². The van der Waals surface area contributed by atoms with Crippen molar-refractivity contribution in [3.8, 4) is 0 Å². The molecule has 46 heavy (non-hydrogen) atoms. The number of carbonyl (C=O) groups is 4. The van der Waals surface area contributed by atoms with Crippen LogP contribution in [0.5, 0.6) is 0 Å². The molecular weight excluding hydrogens is 588 g/mol. The van der Waals surface area contributed by atoms with Crippen LogP contribution in [0.15, 0.2) is 66.7 Å². The van der Waals surface area contributed by atoms with Crippen molar-refractivity contribution in [3.05, 3.63) is 94.5 Å². The van der Waals surface area contributed by atoms with E-state index in [1.54, 1.807) is 51.4 Å². The monoisotopic (exact) mass is 626 g/mol. The summed E-state index contributed by atoms with van der Waals surface area (Å²) >= 11 is 0. The summed E-state index contributed by atoms with van der Waals surface area (Å²) in [6.07, 6.45) is 0. The van der Waals surface area contributed by atoms with Gasteiger partial charge in [-0.3, -0.25) is 29.0 Å². The van der Waals surface area contributed by atoms with E-state index in [1.165, 1.54) is 11.1 Å². The molecule has 0 atom stereocenters. The molecule has 0 spiro atoms. The first-order valence-corrected chi connectivity index (χ1v) is 15.1. The Bertz CT molecular complexity index is 1650. The molecule has 0 bridgehead atoms. The van der Waals surface area contributed by atoms with Crippen LogP contribution in [-0.4, -0.2) is 104 Å². The van der Waals surface area contributed by atoms with Crippen LogP contribution in [0.4, 0.5) is 11.4 Å². The summed E-state index contributed by atoms with van der Waals surface area (Å²) in [6.45, 7) is 6.36. The lowest BCUT2D eigenvalue weighted by Gasteiger charge is -2.34. The van der Waals surface area contributed by atoms with Crippen LogP contribution in [-0.2, 0) is 14.4 Å². The Kier molecular flexibility index (Phi) is 10.1. The summed E-state index contributed by atoms with van der Waals surface area (Å²) in [5.41, 5.74) is 4.51. The highest BCUT2D eigenvalue weighted by atomic mass is 16.7. The number of nitrogens with zero attached hydrogens (tertiary/aromatic N) is 3. The van der Waals surface area contributed by atoms with Gasteiger partial charge in [0.2, 0.25) is 5.91 Å². The molecule has 1 fully saturated rings. The van der Waals surface area contributed by atoms with Crippen LogP contribution in [0.1, 0.15) is 37.4 Å². The van der Waals surface area contributed by atoms with Gasteiger partial charge in [0.25, 0.3) is 11.8 Å². The third kappa shape index (κ3) is 7.42. The molecule has 4 N–H and O–H groups in total. The minimum Gasteiger partial charge on any atom is -0.478 e. The van der Waals surface area contributed by atoms with Crippen LogP contribution in [0.2, 0.25) is 0 Å². The zero-order valence-corrected chi connectivity index (χ0v) is 26.1. The molecule has 2 heterocycles. The second-order valence-electron chi connectivity index (χ2n) is 11.2. The highest BCUT2D eigenvalue weighted by Crippen LogP contribution is 2.39. The van der Waals surface area contributed by atoms with E-state index in [1.807, 2.05) is 30.3 Å². The molecular formula is C34H38N6O6. The van der Waals surface area contributed by atoms with E-state index in [0.29, 0.717) is 59.0 Å². The van der Waals surface area contributed by atoms with Crippen LogP contribution in [0, 0.1) is 6.92 Å². The third-order valence-corrected chi connectivity index (χ3v) is 8.14. The minimum atomic E-state index is -1.06. The van der Waals surface area contributed by atoms with Gasteiger partial charge < -0.3 is 21.1 Å². The fraction of sp³-hybridized carbons (Fsp3) is 0.294. The van der Waals surface area contributed by atoms with Crippen molar-refractivity contribution < 1.29 is 29.1 Å². The van der Waals surface area contributed by atoms with Gasteiger partial charge in [0, 0.05) is 63.6 Å². The Balaban J connectivity index is 1.25. The number of aromatic carboxylic acids is 1.